The SMILES string of the molecule is CCOc1ccccc1N(C(=O)CNC(=O)c1ccco1)[C@H](C(=O)NC1CCCC1)c1cccs1. The molecule has 0 aliphatic heterocycles. The number of rotatable bonds is 10. The molecule has 0 saturated heterocycles. The Bertz CT molecular complexity index is 1120. The average Bonchev–Trinajstić information content (AvgIpc) is 3.65. The number of furan rings is 1. The summed E-state index contributed by atoms with van der Waals surface area (Å²) in [5, 5.41) is 7.62. The van der Waals surface area contributed by atoms with E-state index in [4.69, 9.17) is 9.15 Å². The Morgan fingerprint density at radius 2 is 1.91 bits per heavy atom. The molecule has 0 bridgehead atoms. The molecule has 1 atom stereocenters. The highest BCUT2D eigenvalue weighted by atomic mass is 32.1. The number of ether oxygens (including phenoxy) is 1. The van der Waals surface area contributed by atoms with E-state index in [9.17, 15) is 14.4 Å². The van der Waals surface area contributed by atoms with Crippen LogP contribution in [0.4, 0.5) is 5.69 Å². The van der Waals surface area contributed by atoms with Gasteiger partial charge in [-0.25, -0.2) is 0 Å². The van der Waals surface area contributed by atoms with Crippen LogP contribution in [0.1, 0.15) is 54.1 Å². The summed E-state index contributed by atoms with van der Waals surface area (Å²) in [5.41, 5.74) is 0.464. The van der Waals surface area contributed by atoms with Crippen molar-refractivity contribution in [1.82, 2.24) is 10.6 Å². The molecule has 0 unspecified atom stereocenters. The number of amides is 3. The van der Waals surface area contributed by atoms with E-state index in [1.165, 1.54) is 28.6 Å². The van der Waals surface area contributed by atoms with Gasteiger partial charge in [0, 0.05) is 10.9 Å². The molecule has 8 nitrogen and oxygen atoms in total. The molecule has 0 spiro atoms. The Labute approximate surface area is 208 Å². The van der Waals surface area contributed by atoms with E-state index < -0.39 is 17.9 Å². The summed E-state index contributed by atoms with van der Waals surface area (Å²) >= 11 is 1.40. The first-order valence-electron chi connectivity index (χ1n) is 11.8. The van der Waals surface area contributed by atoms with Gasteiger partial charge >= 0.3 is 0 Å². The summed E-state index contributed by atoms with van der Waals surface area (Å²) in [7, 11) is 0. The third kappa shape index (κ3) is 5.92. The molecular weight excluding hydrogens is 466 g/mol. The van der Waals surface area contributed by atoms with Crippen LogP contribution in [0.25, 0.3) is 0 Å². The van der Waals surface area contributed by atoms with Gasteiger partial charge in [0.05, 0.1) is 25.1 Å². The van der Waals surface area contributed by atoms with Crippen molar-refractivity contribution in [3.05, 3.63) is 70.8 Å². The summed E-state index contributed by atoms with van der Waals surface area (Å²) in [6, 6.07) is 13.1. The number of para-hydroxylation sites is 2. The second kappa shape index (κ2) is 11.7. The van der Waals surface area contributed by atoms with Gasteiger partial charge in [-0.15, -0.1) is 11.3 Å². The first-order valence-corrected chi connectivity index (χ1v) is 12.7. The maximum atomic E-state index is 13.7. The van der Waals surface area contributed by atoms with E-state index in [-0.39, 0.29) is 24.3 Å². The molecule has 184 valence electrons. The van der Waals surface area contributed by atoms with Gasteiger partial charge in [-0.1, -0.05) is 31.0 Å². The highest BCUT2D eigenvalue weighted by Gasteiger charge is 2.36. The molecule has 9 heteroatoms. The highest BCUT2D eigenvalue weighted by Crippen LogP contribution is 2.36. The first-order chi connectivity index (χ1) is 17.1. The number of thiophene rings is 1. The fourth-order valence-corrected chi connectivity index (χ4v) is 5.07. The number of carbonyl (C=O) groups is 3. The minimum atomic E-state index is -0.912. The molecule has 1 saturated carbocycles. The molecule has 2 N–H and O–H groups in total. The molecular formula is C26H29N3O5S. The molecule has 35 heavy (non-hydrogen) atoms. The van der Waals surface area contributed by atoms with E-state index >= 15 is 0 Å². The van der Waals surface area contributed by atoms with Crippen molar-refractivity contribution in [2.75, 3.05) is 18.1 Å². The Morgan fingerprint density at radius 3 is 2.60 bits per heavy atom. The molecule has 1 fully saturated rings. The number of anilines is 1. The second-order valence-corrected chi connectivity index (χ2v) is 9.21. The number of nitrogens with one attached hydrogen (secondary N) is 2. The maximum Gasteiger partial charge on any atom is 0.287 e. The summed E-state index contributed by atoms with van der Waals surface area (Å²) in [6.45, 7) is 1.93. The number of carbonyl (C=O) groups excluding carboxylic acids is 3. The number of hydrogen-bond donors (Lipinski definition) is 2. The van der Waals surface area contributed by atoms with Crippen molar-refractivity contribution >= 4 is 34.7 Å². The topological polar surface area (TPSA) is 101 Å². The molecule has 2 aromatic heterocycles. The van der Waals surface area contributed by atoms with Gasteiger partial charge in [0.25, 0.3) is 5.91 Å². The fraction of sp³-hybridized carbons (Fsp3) is 0.346. The summed E-state index contributed by atoms with van der Waals surface area (Å²) < 4.78 is 10.9. The lowest BCUT2D eigenvalue weighted by Crippen LogP contribution is -2.49. The molecule has 4 rings (SSSR count). The van der Waals surface area contributed by atoms with Gasteiger partial charge in [0.2, 0.25) is 11.8 Å². The monoisotopic (exact) mass is 495 g/mol. The number of benzene rings is 1. The van der Waals surface area contributed by atoms with E-state index in [0.29, 0.717) is 18.0 Å². The quantitative estimate of drug-likeness (QED) is 0.437. The van der Waals surface area contributed by atoms with E-state index in [1.54, 1.807) is 24.3 Å². The minimum absolute atomic E-state index is 0.0858. The Hall–Kier alpha value is -3.59. The van der Waals surface area contributed by atoms with Crippen LogP contribution in [0.2, 0.25) is 0 Å². The molecule has 1 aromatic carbocycles. The van der Waals surface area contributed by atoms with Crippen LogP contribution in [-0.4, -0.2) is 36.9 Å². The van der Waals surface area contributed by atoms with Crippen molar-refractivity contribution in [1.29, 1.82) is 0 Å². The van der Waals surface area contributed by atoms with Crippen LogP contribution in [0.5, 0.6) is 5.75 Å². The zero-order valence-electron chi connectivity index (χ0n) is 19.6. The van der Waals surface area contributed by atoms with E-state index in [0.717, 1.165) is 30.6 Å². The maximum absolute atomic E-state index is 13.7. The summed E-state index contributed by atoms with van der Waals surface area (Å²) in [5.74, 6) is -0.623. The number of nitrogens with zero attached hydrogens (tertiary/aromatic N) is 1. The summed E-state index contributed by atoms with van der Waals surface area (Å²) in [6.07, 6.45) is 5.38. The smallest absolute Gasteiger partial charge is 0.287 e. The van der Waals surface area contributed by atoms with Gasteiger partial charge in [-0.05, 0) is 55.5 Å². The number of hydrogen-bond acceptors (Lipinski definition) is 6. The lowest BCUT2D eigenvalue weighted by Gasteiger charge is -2.32. The van der Waals surface area contributed by atoms with Gasteiger partial charge in [0.15, 0.2) is 5.76 Å². The Kier molecular flexibility index (Phi) is 8.20. The second-order valence-electron chi connectivity index (χ2n) is 8.23. The first kappa shape index (κ1) is 24.5. The normalized spacial score (nSPS) is 14.3. The lowest BCUT2D eigenvalue weighted by atomic mass is 10.1. The largest absolute Gasteiger partial charge is 0.492 e. The van der Waals surface area contributed by atoms with Crippen LogP contribution < -0.4 is 20.3 Å². The predicted octanol–water partition coefficient (Wildman–Crippen LogP) is 4.30. The highest BCUT2D eigenvalue weighted by molar-refractivity contribution is 7.10. The van der Waals surface area contributed by atoms with Gasteiger partial charge in [-0.3, -0.25) is 19.3 Å². The van der Waals surface area contributed by atoms with Crippen LogP contribution in [0, 0.1) is 0 Å². The lowest BCUT2D eigenvalue weighted by molar-refractivity contribution is -0.126. The fourth-order valence-electron chi connectivity index (χ4n) is 4.26. The molecule has 3 aromatic rings. The van der Waals surface area contributed by atoms with Crippen molar-refractivity contribution in [3.63, 3.8) is 0 Å². The van der Waals surface area contributed by atoms with Crippen molar-refractivity contribution in [3.8, 4) is 5.75 Å². The van der Waals surface area contributed by atoms with E-state index in [2.05, 4.69) is 10.6 Å². The van der Waals surface area contributed by atoms with Crippen molar-refractivity contribution < 1.29 is 23.5 Å². The van der Waals surface area contributed by atoms with Crippen LogP contribution >= 0.6 is 11.3 Å². The molecule has 1 aliphatic carbocycles. The van der Waals surface area contributed by atoms with Gasteiger partial charge < -0.3 is 19.8 Å². The predicted molar refractivity (Wildman–Crippen MR) is 134 cm³/mol. The van der Waals surface area contributed by atoms with E-state index in [1.807, 2.05) is 30.5 Å². The third-order valence-corrected chi connectivity index (χ3v) is 6.78. The summed E-state index contributed by atoms with van der Waals surface area (Å²) in [4.78, 5) is 41.9. The van der Waals surface area contributed by atoms with Gasteiger partial charge in [-0.2, -0.15) is 0 Å². The third-order valence-electron chi connectivity index (χ3n) is 5.86. The molecule has 0 radical (unpaired) electrons. The van der Waals surface area contributed by atoms with Gasteiger partial charge in [0.1, 0.15) is 11.8 Å². The molecule has 1 aliphatic rings. The zero-order valence-corrected chi connectivity index (χ0v) is 20.4. The zero-order chi connectivity index (χ0) is 24.6. The molecule has 2 heterocycles. The van der Waals surface area contributed by atoms with Crippen molar-refractivity contribution in [2.24, 2.45) is 0 Å². The van der Waals surface area contributed by atoms with Crippen LogP contribution in [-0.2, 0) is 9.59 Å². The van der Waals surface area contributed by atoms with Crippen LogP contribution in [0.15, 0.2) is 64.6 Å². The Balaban J connectivity index is 1.68. The van der Waals surface area contributed by atoms with Crippen LogP contribution in [0.3, 0.4) is 0 Å². The van der Waals surface area contributed by atoms with Crippen molar-refractivity contribution in [2.45, 2.75) is 44.7 Å². The average molecular weight is 496 g/mol. The minimum Gasteiger partial charge on any atom is -0.492 e. The molecule has 3 amide bonds. The standard InChI is InChI=1S/C26H29N3O5S/c1-2-33-20-12-6-5-11-19(20)29(23(30)17-27-25(31)21-13-7-15-34-21)24(22-14-8-16-35-22)26(32)28-18-9-3-4-10-18/h5-8,11-16,18,24H,2-4,9-10,17H2,1H3,(H,27,31)(H,28,32)/t24-/m0/s1. The Morgan fingerprint density at radius 1 is 1.11 bits per heavy atom.